The topological polar surface area (TPSA) is 47.4 Å². The minimum absolute atomic E-state index is 0.160. The highest BCUT2D eigenvalue weighted by atomic mass is 32.1. The molecule has 1 aromatic heterocycles. The number of rotatable bonds is 4. The zero-order chi connectivity index (χ0) is 18.8. The number of hydrogen-bond donors (Lipinski definition) is 2. The van der Waals surface area contributed by atoms with Crippen LogP contribution in [0.15, 0.2) is 54.6 Å². The molecule has 27 heavy (non-hydrogen) atoms. The van der Waals surface area contributed by atoms with Crippen molar-refractivity contribution >= 4 is 12.2 Å². The molecule has 6 heteroatoms. The molecule has 1 aliphatic rings. The fraction of sp³-hybridized carbons (Fsp3) is 0.333. The summed E-state index contributed by atoms with van der Waals surface area (Å²) in [5, 5.41) is 14.6. The molecule has 1 saturated heterocycles. The number of aliphatic hydroxyl groups is 1. The second-order valence-corrected chi connectivity index (χ2v) is 7.65. The van der Waals surface area contributed by atoms with Crippen molar-refractivity contribution < 1.29 is 10.0 Å². The normalized spacial score (nSPS) is 19.9. The fourth-order valence-corrected chi connectivity index (χ4v) is 3.89. The van der Waals surface area contributed by atoms with Gasteiger partial charge in [-0.15, -0.1) is 5.10 Å². The molecule has 0 bridgehead atoms. The highest BCUT2D eigenvalue weighted by Crippen LogP contribution is 2.22. The van der Waals surface area contributed by atoms with E-state index in [9.17, 15) is 5.11 Å². The van der Waals surface area contributed by atoms with Crippen molar-refractivity contribution in [3.63, 3.8) is 0 Å². The van der Waals surface area contributed by atoms with Crippen LogP contribution in [-0.4, -0.2) is 38.6 Å². The van der Waals surface area contributed by atoms with Crippen LogP contribution in [0.1, 0.15) is 18.4 Å². The van der Waals surface area contributed by atoms with Gasteiger partial charge in [-0.1, -0.05) is 48.0 Å². The standard InChI is InChI=1S/C21H24N4OS/c1-16-7-9-18(10-8-16)25-20(17-5-3-2-4-6-17)22-24(21(25)27)15-23-13-11-19(26)12-14-23/h2-10,19,26H,11-15H2,1H3/p+1. The summed E-state index contributed by atoms with van der Waals surface area (Å²) in [6.45, 7) is 4.70. The second-order valence-electron chi connectivity index (χ2n) is 7.28. The molecular formula is C21H25N4OS+. The number of nitrogens with zero attached hydrogens (tertiary/aromatic N) is 3. The smallest absolute Gasteiger partial charge is 0.207 e. The lowest BCUT2D eigenvalue weighted by atomic mass is 10.1. The molecule has 4 rings (SSSR count). The van der Waals surface area contributed by atoms with Crippen LogP contribution in [0.5, 0.6) is 0 Å². The van der Waals surface area contributed by atoms with Crippen molar-refractivity contribution in [1.82, 2.24) is 14.3 Å². The number of quaternary nitrogens is 1. The van der Waals surface area contributed by atoms with Gasteiger partial charge in [0.1, 0.15) is 0 Å². The minimum atomic E-state index is -0.160. The van der Waals surface area contributed by atoms with Crippen LogP contribution in [0.2, 0.25) is 0 Å². The third-order valence-electron chi connectivity index (χ3n) is 5.20. The van der Waals surface area contributed by atoms with Gasteiger partial charge in [0.2, 0.25) is 4.77 Å². The van der Waals surface area contributed by atoms with Crippen LogP contribution in [0.25, 0.3) is 17.1 Å². The van der Waals surface area contributed by atoms with Gasteiger partial charge in [0.15, 0.2) is 12.5 Å². The molecule has 1 aliphatic heterocycles. The van der Waals surface area contributed by atoms with Gasteiger partial charge in [-0.25, -0.2) is 0 Å². The molecule has 0 amide bonds. The third kappa shape index (κ3) is 3.88. The van der Waals surface area contributed by atoms with E-state index in [0.717, 1.165) is 49.7 Å². The number of piperidine rings is 1. The van der Waals surface area contributed by atoms with Gasteiger partial charge in [-0.3, -0.25) is 4.57 Å². The second kappa shape index (κ2) is 7.76. The molecule has 0 spiro atoms. The number of aliphatic hydroxyl groups excluding tert-OH is 1. The average Bonchev–Trinajstić information content (AvgIpc) is 3.01. The Bertz CT molecular complexity index is 954. The van der Waals surface area contributed by atoms with Crippen LogP contribution < -0.4 is 4.90 Å². The highest BCUT2D eigenvalue weighted by Gasteiger charge is 2.22. The predicted molar refractivity (Wildman–Crippen MR) is 108 cm³/mol. The predicted octanol–water partition coefficient (Wildman–Crippen LogP) is 2.38. The first-order valence-electron chi connectivity index (χ1n) is 9.46. The maximum absolute atomic E-state index is 9.76. The lowest BCUT2D eigenvalue weighted by Gasteiger charge is -2.26. The van der Waals surface area contributed by atoms with Gasteiger partial charge < -0.3 is 10.0 Å². The van der Waals surface area contributed by atoms with Gasteiger partial charge in [0, 0.05) is 24.1 Å². The fourth-order valence-electron chi connectivity index (χ4n) is 3.59. The zero-order valence-electron chi connectivity index (χ0n) is 15.5. The van der Waals surface area contributed by atoms with Gasteiger partial charge in [0.25, 0.3) is 0 Å². The molecular weight excluding hydrogens is 356 g/mol. The summed E-state index contributed by atoms with van der Waals surface area (Å²) in [5.41, 5.74) is 3.29. The first-order chi connectivity index (χ1) is 13.1. The molecule has 0 aliphatic carbocycles. The zero-order valence-corrected chi connectivity index (χ0v) is 16.3. The van der Waals surface area contributed by atoms with Crippen molar-refractivity contribution in [1.29, 1.82) is 0 Å². The summed E-state index contributed by atoms with van der Waals surface area (Å²) >= 11 is 5.82. The summed E-state index contributed by atoms with van der Waals surface area (Å²) in [5.74, 6) is 0.862. The Morgan fingerprint density at radius 2 is 1.74 bits per heavy atom. The molecule has 2 aromatic carbocycles. The first-order valence-corrected chi connectivity index (χ1v) is 9.86. The Labute approximate surface area is 164 Å². The SMILES string of the molecule is Cc1ccc(-n2c(-c3ccccc3)nn(C[NH+]3CCC(O)CC3)c2=S)cc1. The summed E-state index contributed by atoms with van der Waals surface area (Å²) < 4.78 is 4.70. The van der Waals surface area contributed by atoms with E-state index in [-0.39, 0.29) is 6.10 Å². The van der Waals surface area contributed by atoms with Gasteiger partial charge in [-0.05, 0) is 31.3 Å². The lowest BCUT2D eigenvalue weighted by Crippen LogP contribution is -3.12. The molecule has 2 N–H and O–H groups in total. The number of nitrogens with one attached hydrogen (secondary N) is 1. The number of aryl methyl sites for hydroxylation is 1. The van der Waals surface area contributed by atoms with Gasteiger partial charge in [0.05, 0.1) is 19.2 Å². The monoisotopic (exact) mass is 381 g/mol. The lowest BCUT2D eigenvalue weighted by molar-refractivity contribution is -0.929. The summed E-state index contributed by atoms with van der Waals surface area (Å²) in [6, 6.07) is 18.6. The summed E-state index contributed by atoms with van der Waals surface area (Å²) in [6.07, 6.45) is 1.52. The molecule has 0 unspecified atom stereocenters. The molecule has 0 atom stereocenters. The molecule has 2 heterocycles. The molecule has 0 radical (unpaired) electrons. The van der Waals surface area contributed by atoms with E-state index >= 15 is 0 Å². The van der Waals surface area contributed by atoms with E-state index in [2.05, 4.69) is 47.9 Å². The van der Waals surface area contributed by atoms with Gasteiger partial charge >= 0.3 is 0 Å². The quantitative estimate of drug-likeness (QED) is 0.682. The molecule has 140 valence electrons. The van der Waals surface area contributed by atoms with Crippen LogP contribution in [0.3, 0.4) is 0 Å². The molecule has 5 nitrogen and oxygen atoms in total. The largest absolute Gasteiger partial charge is 0.393 e. The van der Waals surface area contributed by atoms with Crippen molar-refractivity contribution in [2.75, 3.05) is 13.1 Å². The Balaban J connectivity index is 1.75. The van der Waals surface area contributed by atoms with Crippen molar-refractivity contribution in [2.24, 2.45) is 0 Å². The van der Waals surface area contributed by atoms with Crippen LogP contribution in [-0.2, 0) is 6.67 Å². The third-order valence-corrected chi connectivity index (χ3v) is 5.59. The Hall–Kier alpha value is -2.28. The van der Waals surface area contributed by atoms with Crippen molar-refractivity contribution in [2.45, 2.75) is 32.5 Å². The van der Waals surface area contributed by atoms with E-state index in [1.807, 2.05) is 22.9 Å². The molecule has 0 saturated carbocycles. The summed E-state index contributed by atoms with van der Waals surface area (Å²) in [4.78, 5) is 1.41. The van der Waals surface area contributed by atoms with Gasteiger partial charge in [-0.2, -0.15) is 4.68 Å². The maximum atomic E-state index is 9.76. The van der Waals surface area contributed by atoms with E-state index in [1.165, 1.54) is 10.5 Å². The van der Waals surface area contributed by atoms with E-state index in [1.54, 1.807) is 0 Å². The van der Waals surface area contributed by atoms with E-state index in [0.29, 0.717) is 4.77 Å². The Morgan fingerprint density at radius 1 is 1.07 bits per heavy atom. The number of benzene rings is 2. The number of hydrogen-bond acceptors (Lipinski definition) is 3. The highest BCUT2D eigenvalue weighted by molar-refractivity contribution is 7.71. The first kappa shape index (κ1) is 18.1. The minimum Gasteiger partial charge on any atom is -0.393 e. The average molecular weight is 382 g/mol. The van der Waals surface area contributed by atoms with Crippen molar-refractivity contribution in [3.05, 3.63) is 64.9 Å². The van der Waals surface area contributed by atoms with Crippen LogP contribution in [0, 0.1) is 11.7 Å². The molecule has 3 aromatic rings. The Kier molecular flexibility index (Phi) is 5.20. The van der Waals surface area contributed by atoms with Crippen LogP contribution in [0.4, 0.5) is 0 Å². The molecule has 1 fully saturated rings. The summed E-state index contributed by atoms with van der Waals surface area (Å²) in [7, 11) is 0. The van der Waals surface area contributed by atoms with Crippen LogP contribution >= 0.6 is 12.2 Å². The van der Waals surface area contributed by atoms with E-state index in [4.69, 9.17) is 17.3 Å². The Morgan fingerprint density at radius 3 is 2.41 bits per heavy atom. The van der Waals surface area contributed by atoms with E-state index < -0.39 is 0 Å². The maximum Gasteiger partial charge on any atom is 0.207 e. The van der Waals surface area contributed by atoms with Crippen molar-refractivity contribution in [3.8, 4) is 17.1 Å². The number of likely N-dealkylation sites (tertiary alicyclic amines) is 1. The number of aromatic nitrogens is 3.